The molecule has 0 aliphatic rings. The molecule has 0 unspecified atom stereocenters. The van der Waals surface area contributed by atoms with Gasteiger partial charge in [0.1, 0.15) is 5.75 Å². The predicted octanol–water partition coefficient (Wildman–Crippen LogP) is 2.15. The summed E-state index contributed by atoms with van der Waals surface area (Å²) in [5.41, 5.74) is 0.200. The van der Waals surface area contributed by atoms with Gasteiger partial charge in [-0.2, -0.15) is 0 Å². The number of H-pyrrole nitrogens is 1. The van der Waals surface area contributed by atoms with Crippen LogP contribution in [0.4, 0.5) is 0 Å². The molecule has 2 aromatic carbocycles. The average molecular weight is 343 g/mol. The van der Waals surface area contributed by atoms with Crippen LogP contribution in [0.2, 0.25) is 0 Å². The molecule has 0 aliphatic heterocycles. The van der Waals surface area contributed by atoms with Crippen molar-refractivity contribution in [1.82, 2.24) is 4.98 Å². The van der Waals surface area contributed by atoms with Crippen molar-refractivity contribution in [2.24, 2.45) is 0 Å². The first kappa shape index (κ1) is 15.9. The number of sulfone groups is 1. The molecule has 0 fully saturated rings. The van der Waals surface area contributed by atoms with E-state index in [0.29, 0.717) is 10.9 Å². The van der Waals surface area contributed by atoms with E-state index in [1.807, 2.05) is 0 Å². The van der Waals surface area contributed by atoms with E-state index in [0.717, 1.165) is 12.3 Å². The van der Waals surface area contributed by atoms with E-state index in [-0.39, 0.29) is 16.2 Å². The molecule has 3 rings (SSSR count). The number of rotatable bonds is 3. The summed E-state index contributed by atoms with van der Waals surface area (Å²) in [7, 11) is -3.41. The van der Waals surface area contributed by atoms with Gasteiger partial charge in [0.05, 0.1) is 10.5 Å². The molecule has 0 radical (unpaired) electrons. The van der Waals surface area contributed by atoms with E-state index in [4.69, 9.17) is 4.74 Å². The molecule has 0 atom stereocenters. The smallest absolute Gasteiger partial charge is 0.344 e. The minimum atomic E-state index is -3.41. The highest BCUT2D eigenvalue weighted by Gasteiger charge is 2.15. The number of aromatic nitrogens is 1. The van der Waals surface area contributed by atoms with E-state index >= 15 is 0 Å². The lowest BCUT2D eigenvalue weighted by Crippen LogP contribution is -2.15. The number of para-hydroxylation sites is 1. The van der Waals surface area contributed by atoms with Crippen LogP contribution in [0.3, 0.4) is 0 Å². The van der Waals surface area contributed by atoms with Gasteiger partial charge in [-0.05, 0) is 24.3 Å². The van der Waals surface area contributed by atoms with Crippen molar-refractivity contribution < 1.29 is 17.9 Å². The van der Waals surface area contributed by atoms with Crippen LogP contribution in [0, 0.1) is 0 Å². The fourth-order valence-corrected chi connectivity index (χ4v) is 2.96. The second kappa shape index (κ2) is 5.93. The van der Waals surface area contributed by atoms with E-state index in [2.05, 4.69) is 4.98 Å². The van der Waals surface area contributed by atoms with Gasteiger partial charge in [0, 0.05) is 23.2 Å². The molecule has 122 valence electrons. The molecular weight excluding hydrogens is 330 g/mol. The van der Waals surface area contributed by atoms with Crippen molar-refractivity contribution in [1.29, 1.82) is 0 Å². The number of nitrogens with one attached hydrogen (secondary N) is 1. The number of esters is 1. The third-order valence-corrected chi connectivity index (χ3v) is 4.52. The largest absolute Gasteiger partial charge is 0.423 e. The lowest BCUT2D eigenvalue weighted by atomic mass is 10.1. The van der Waals surface area contributed by atoms with E-state index in [1.165, 1.54) is 24.3 Å². The number of aromatic amines is 1. The van der Waals surface area contributed by atoms with Crippen LogP contribution in [0.1, 0.15) is 10.4 Å². The molecule has 6 nitrogen and oxygen atoms in total. The maximum Gasteiger partial charge on any atom is 0.344 e. The zero-order chi connectivity index (χ0) is 17.3. The third kappa shape index (κ3) is 3.21. The van der Waals surface area contributed by atoms with Crippen LogP contribution in [0.15, 0.2) is 64.3 Å². The second-order valence-corrected chi connectivity index (χ2v) is 7.25. The fraction of sp³-hybridized carbons (Fsp3) is 0.0588. The summed E-state index contributed by atoms with van der Waals surface area (Å²) >= 11 is 0. The van der Waals surface area contributed by atoms with Gasteiger partial charge >= 0.3 is 5.97 Å². The molecule has 0 saturated carbocycles. The van der Waals surface area contributed by atoms with Gasteiger partial charge in [-0.15, -0.1) is 0 Å². The normalized spacial score (nSPS) is 11.4. The van der Waals surface area contributed by atoms with Gasteiger partial charge in [-0.3, -0.25) is 4.79 Å². The zero-order valence-corrected chi connectivity index (χ0v) is 13.5. The molecule has 0 bridgehead atoms. The van der Waals surface area contributed by atoms with Gasteiger partial charge in [0.25, 0.3) is 0 Å². The van der Waals surface area contributed by atoms with Crippen LogP contribution in [0.5, 0.6) is 5.75 Å². The highest BCUT2D eigenvalue weighted by molar-refractivity contribution is 7.90. The summed E-state index contributed by atoms with van der Waals surface area (Å²) in [5, 5.41) is 0.543. The number of fused-ring (bicyclic) bond motifs is 1. The first-order chi connectivity index (χ1) is 11.3. The van der Waals surface area contributed by atoms with Gasteiger partial charge in [-0.1, -0.05) is 24.3 Å². The standard InChI is InChI=1S/C17H13NO5S/c1-24(21,22)12-6-4-5-11(9-12)23-17(20)14-10-16(19)18-15-8-3-2-7-13(14)15/h2-10H,1H3,(H,18,19). The third-order valence-electron chi connectivity index (χ3n) is 3.41. The Kier molecular flexibility index (Phi) is 3.94. The number of carbonyl (C=O) groups is 1. The first-order valence-electron chi connectivity index (χ1n) is 6.99. The van der Waals surface area contributed by atoms with E-state index in [9.17, 15) is 18.0 Å². The van der Waals surface area contributed by atoms with E-state index in [1.54, 1.807) is 24.3 Å². The molecule has 0 spiro atoms. The maximum atomic E-state index is 12.4. The Balaban J connectivity index is 2.01. The molecular formula is C17H13NO5S. The van der Waals surface area contributed by atoms with Crippen LogP contribution in [0.25, 0.3) is 10.9 Å². The van der Waals surface area contributed by atoms with Crippen molar-refractivity contribution >= 4 is 26.7 Å². The Bertz CT molecular complexity index is 1100. The SMILES string of the molecule is CS(=O)(=O)c1cccc(OC(=O)c2cc(=O)[nH]c3ccccc23)c1. The lowest BCUT2D eigenvalue weighted by molar-refractivity contribution is 0.0736. The molecule has 0 saturated heterocycles. The van der Waals surface area contributed by atoms with Crippen LogP contribution >= 0.6 is 0 Å². The molecule has 24 heavy (non-hydrogen) atoms. The average Bonchev–Trinajstić information content (AvgIpc) is 2.53. The van der Waals surface area contributed by atoms with Gasteiger partial charge in [0.2, 0.25) is 5.56 Å². The number of hydrogen-bond donors (Lipinski definition) is 1. The van der Waals surface area contributed by atoms with Crippen molar-refractivity contribution in [2.75, 3.05) is 6.26 Å². The van der Waals surface area contributed by atoms with Gasteiger partial charge < -0.3 is 9.72 Å². The molecule has 1 N–H and O–H groups in total. The summed E-state index contributed by atoms with van der Waals surface area (Å²) in [6.07, 6.45) is 1.07. The summed E-state index contributed by atoms with van der Waals surface area (Å²) < 4.78 is 28.4. The van der Waals surface area contributed by atoms with Crippen LogP contribution in [-0.4, -0.2) is 25.6 Å². The Morgan fingerprint density at radius 1 is 1.04 bits per heavy atom. The highest BCUT2D eigenvalue weighted by atomic mass is 32.2. The van der Waals surface area contributed by atoms with E-state index < -0.39 is 21.4 Å². The summed E-state index contributed by atoms with van der Waals surface area (Å²) in [6, 6.07) is 13.6. The Hall–Kier alpha value is -2.93. The first-order valence-corrected chi connectivity index (χ1v) is 8.88. The minimum absolute atomic E-state index is 0.0450. The summed E-state index contributed by atoms with van der Waals surface area (Å²) in [6.45, 7) is 0. The predicted molar refractivity (Wildman–Crippen MR) is 89.1 cm³/mol. The van der Waals surface area contributed by atoms with Crippen LogP contribution < -0.4 is 10.3 Å². The van der Waals surface area contributed by atoms with Crippen molar-refractivity contribution in [2.45, 2.75) is 4.90 Å². The maximum absolute atomic E-state index is 12.4. The van der Waals surface area contributed by atoms with Crippen molar-refractivity contribution in [3.63, 3.8) is 0 Å². The summed E-state index contributed by atoms with van der Waals surface area (Å²) in [4.78, 5) is 26.8. The van der Waals surface area contributed by atoms with Crippen LogP contribution in [-0.2, 0) is 9.84 Å². The second-order valence-electron chi connectivity index (χ2n) is 5.23. The zero-order valence-electron chi connectivity index (χ0n) is 12.6. The molecule has 7 heteroatoms. The number of benzene rings is 2. The van der Waals surface area contributed by atoms with Gasteiger partial charge in [0.15, 0.2) is 9.84 Å². The Labute approximate surface area is 137 Å². The molecule has 1 aromatic heterocycles. The lowest BCUT2D eigenvalue weighted by Gasteiger charge is -2.08. The monoisotopic (exact) mass is 343 g/mol. The Morgan fingerprint density at radius 2 is 1.79 bits per heavy atom. The van der Waals surface area contributed by atoms with Crippen molar-refractivity contribution in [3.05, 3.63) is 70.5 Å². The van der Waals surface area contributed by atoms with Gasteiger partial charge in [-0.25, -0.2) is 13.2 Å². The number of hydrogen-bond acceptors (Lipinski definition) is 5. The molecule has 0 aliphatic carbocycles. The molecule has 3 aromatic rings. The Morgan fingerprint density at radius 3 is 2.54 bits per heavy atom. The number of ether oxygens (including phenoxy) is 1. The quantitative estimate of drug-likeness (QED) is 0.581. The molecule has 1 heterocycles. The minimum Gasteiger partial charge on any atom is -0.423 e. The number of pyridine rings is 1. The topological polar surface area (TPSA) is 93.3 Å². The fourth-order valence-electron chi connectivity index (χ4n) is 2.30. The van der Waals surface area contributed by atoms with Crippen molar-refractivity contribution in [3.8, 4) is 5.75 Å². The summed E-state index contributed by atoms with van der Waals surface area (Å²) in [5.74, 6) is -0.643. The molecule has 0 amide bonds. The number of carbonyl (C=O) groups excluding carboxylic acids is 1. The highest BCUT2D eigenvalue weighted by Crippen LogP contribution is 2.20.